The molecule has 0 aromatic rings. The summed E-state index contributed by atoms with van der Waals surface area (Å²) in [5, 5.41) is 0. The molecule has 1 unspecified atom stereocenters. The molecule has 0 aromatic heterocycles. The average Bonchev–Trinajstić information content (AvgIpc) is 1.82. The van der Waals surface area contributed by atoms with Crippen molar-refractivity contribution < 1.29 is 0 Å². The first-order valence-corrected chi connectivity index (χ1v) is 4.53. The van der Waals surface area contributed by atoms with E-state index in [2.05, 4.69) is 39.5 Å². The molecule has 0 spiro atoms. The van der Waals surface area contributed by atoms with E-state index in [0.717, 1.165) is 6.42 Å². The van der Waals surface area contributed by atoms with Crippen molar-refractivity contribution in [2.24, 2.45) is 5.41 Å². The molecule has 1 aliphatic carbocycles. The first-order valence-electron chi connectivity index (χ1n) is 4.53. The zero-order chi connectivity index (χ0) is 9.19. The maximum absolute atomic E-state index is 3.80. The van der Waals surface area contributed by atoms with Gasteiger partial charge >= 0.3 is 0 Å². The predicted octanol–water partition coefficient (Wildman–Crippen LogP) is 3.87. The van der Waals surface area contributed by atoms with Crippen molar-refractivity contribution in [2.45, 2.75) is 33.6 Å². The molecule has 1 rings (SSSR count). The summed E-state index contributed by atoms with van der Waals surface area (Å²) < 4.78 is 0. The van der Waals surface area contributed by atoms with E-state index in [1.807, 2.05) is 6.08 Å². The van der Waals surface area contributed by atoms with Crippen LogP contribution in [-0.2, 0) is 0 Å². The van der Waals surface area contributed by atoms with Crippen LogP contribution in [-0.4, -0.2) is 0 Å². The largest absolute Gasteiger partial charge is 0.103 e. The second-order valence-corrected chi connectivity index (χ2v) is 4.20. The lowest BCUT2D eigenvalue weighted by molar-refractivity contribution is 0.421. The summed E-state index contributed by atoms with van der Waals surface area (Å²) in [5.74, 6) is 0. The lowest BCUT2D eigenvalue weighted by Crippen LogP contribution is -2.15. The smallest absolute Gasteiger partial charge is 0.00694 e. The zero-order valence-electron chi connectivity index (χ0n) is 8.35. The Bertz CT molecular complexity index is 243. The average molecular weight is 162 g/mol. The van der Waals surface area contributed by atoms with Crippen molar-refractivity contribution in [3.05, 3.63) is 36.0 Å². The van der Waals surface area contributed by atoms with Crippen LogP contribution in [0.25, 0.3) is 0 Å². The molecule has 0 radical (unpaired) electrons. The van der Waals surface area contributed by atoms with Crippen LogP contribution in [0, 0.1) is 5.41 Å². The van der Waals surface area contributed by atoms with E-state index in [-0.39, 0.29) is 0 Å². The Morgan fingerprint density at radius 2 is 2.25 bits per heavy atom. The third kappa shape index (κ3) is 2.10. The van der Waals surface area contributed by atoms with Crippen LogP contribution in [0.15, 0.2) is 36.0 Å². The summed E-state index contributed by atoms with van der Waals surface area (Å²) >= 11 is 0. The summed E-state index contributed by atoms with van der Waals surface area (Å²) in [6, 6.07) is 0. The van der Waals surface area contributed by atoms with Gasteiger partial charge in [-0.3, -0.25) is 0 Å². The highest BCUT2D eigenvalue weighted by Gasteiger charge is 2.22. The second-order valence-electron chi connectivity index (χ2n) is 4.20. The van der Waals surface area contributed by atoms with Crippen LogP contribution in [0.4, 0.5) is 0 Å². The number of hydrogen-bond acceptors (Lipinski definition) is 0. The molecular formula is C12H18. The first kappa shape index (κ1) is 9.31. The third-order valence-corrected chi connectivity index (χ3v) is 2.34. The van der Waals surface area contributed by atoms with Crippen molar-refractivity contribution in [3.8, 4) is 0 Å². The van der Waals surface area contributed by atoms with Gasteiger partial charge in [-0.15, -0.1) is 6.58 Å². The maximum Gasteiger partial charge on any atom is -0.00694 e. The van der Waals surface area contributed by atoms with E-state index in [4.69, 9.17) is 0 Å². The van der Waals surface area contributed by atoms with Gasteiger partial charge in [0.2, 0.25) is 0 Å². The van der Waals surface area contributed by atoms with Crippen molar-refractivity contribution in [2.75, 3.05) is 0 Å². The topological polar surface area (TPSA) is 0 Å². The molecule has 0 saturated heterocycles. The Labute approximate surface area is 75.7 Å². The molecular weight excluding hydrogens is 144 g/mol. The van der Waals surface area contributed by atoms with Crippen LogP contribution < -0.4 is 0 Å². The van der Waals surface area contributed by atoms with Gasteiger partial charge in [-0.2, -0.15) is 0 Å². The molecule has 0 aliphatic heterocycles. The Kier molecular flexibility index (Phi) is 2.56. The van der Waals surface area contributed by atoms with Gasteiger partial charge in [0.15, 0.2) is 0 Å². The van der Waals surface area contributed by atoms with Gasteiger partial charge in [-0.25, -0.2) is 0 Å². The van der Waals surface area contributed by atoms with Crippen LogP contribution in [0.3, 0.4) is 0 Å². The Morgan fingerprint density at radius 1 is 1.58 bits per heavy atom. The maximum atomic E-state index is 3.80. The quantitative estimate of drug-likeness (QED) is 0.541. The van der Waals surface area contributed by atoms with E-state index in [1.54, 1.807) is 0 Å². The Morgan fingerprint density at radius 3 is 2.75 bits per heavy atom. The van der Waals surface area contributed by atoms with Gasteiger partial charge in [0.1, 0.15) is 0 Å². The molecule has 0 N–H and O–H groups in total. The summed E-state index contributed by atoms with van der Waals surface area (Å²) in [5.41, 5.74) is 3.20. The fourth-order valence-electron chi connectivity index (χ4n) is 2.18. The van der Waals surface area contributed by atoms with E-state index in [1.165, 1.54) is 17.6 Å². The molecule has 0 fully saturated rings. The van der Waals surface area contributed by atoms with Gasteiger partial charge in [-0.05, 0) is 32.1 Å². The normalized spacial score (nSPS) is 29.2. The minimum Gasteiger partial charge on any atom is -0.103 e. The van der Waals surface area contributed by atoms with Crippen molar-refractivity contribution >= 4 is 0 Å². The molecule has 1 atom stereocenters. The lowest BCUT2D eigenvalue weighted by atomic mass is 9.76. The fraction of sp³-hybridized carbons (Fsp3) is 0.500. The van der Waals surface area contributed by atoms with Crippen LogP contribution in [0.2, 0.25) is 0 Å². The number of rotatable bonds is 2. The lowest BCUT2D eigenvalue weighted by Gasteiger charge is -2.29. The molecule has 0 amide bonds. The number of allylic oxidation sites excluding steroid dienone is 5. The molecule has 1 aliphatic rings. The van der Waals surface area contributed by atoms with Gasteiger partial charge in [-0.1, -0.05) is 36.3 Å². The van der Waals surface area contributed by atoms with Crippen molar-refractivity contribution in [1.82, 2.24) is 0 Å². The van der Waals surface area contributed by atoms with Gasteiger partial charge < -0.3 is 0 Å². The highest BCUT2D eigenvalue weighted by atomic mass is 14.3. The van der Waals surface area contributed by atoms with Crippen LogP contribution in [0.1, 0.15) is 33.6 Å². The van der Waals surface area contributed by atoms with Gasteiger partial charge in [0, 0.05) is 0 Å². The third-order valence-electron chi connectivity index (χ3n) is 2.34. The number of hydrogen-bond donors (Lipinski definition) is 0. The van der Waals surface area contributed by atoms with Gasteiger partial charge in [0.05, 0.1) is 0 Å². The first-order chi connectivity index (χ1) is 5.56. The molecule has 66 valence electrons. The highest BCUT2D eigenvalue weighted by Crippen LogP contribution is 2.36. The molecule has 0 aromatic carbocycles. The molecule has 0 saturated carbocycles. The minimum atomic E-state index is 0.324. The van der Waals surface area contributed by atoms with E-state index in [9.17, 15) is 0 Å². The second kappa shape index (κ2) is 3.30. The van der Waals surface area contributed by atoms with E-state index < -0.39 is 0 Å². The molecule has 0 heteroatoms. The monoisotopic (exact) mass is 162 g/mol. The molecule has 0 nitrogen and oxygen atoms in total. The van der Waals surface area contributed by atoms with E-state index >= 15 is 0 Å². The van der Waals surface area contributed by atoms with Crippen molar-refractivity contribution in [3.63, 3.8) is 0 Å². The SMILES string of the molecule is C=CCC1(C)C=C(C)C=C(C)C1. The minimum absolute atomic E-state index is 0.324. The molecule has 0 bridgehead atoms. The van der Waals surface area contributed by atoms with E-state index in [0.29, 0.717) is 5.41 Å². The predicted molar refractivity (Wildman–Crippen MR) is 55.1 cm³/mol. The Hall–Kier alpha value is -0.780. The molecule has 0 heterocycles. The molecule has 12 heavy (non-hydrogen) atoms. The van der Waals surface area contributed by atoms with Gasteiger partial charge in [0.25, 0.3) is 0 Å². The highest BCUT2D eigenvalue weighted by molar-refractivity contribution is 5.29. The zero-order valence-corrected chi connectivity index (χ0v) is 8.35. The van der Waals surface area contributed by atoms with Crippen molar-refractivity contribution in [1.29, 1.82) is 0 Å². The van der Waals surface area contributed by atoms with Crippen LogP contribution >= 0.6 is 0 Å². The Balaban J connectivity index is 2.84. The summed E-state index contributed by atoms with van der Waals surface area (Å²) in [7, 11) is 0. The summed E-state index contributed by atoms with van der Waals surface area (Å²) in [6.07, 6.45) is 8.90. The van der Waals surface area contributed by atoms with Crippen LogP contribution in [0.5, 0.6) is 0 Å². The fourth-order valence-corrected chi connectivity index (χ4v) is 2.18. The summed E-state index contributed by atoms with van der Waals surface area (Å²) in [6.45, 7) is 10.5. The standard InChI is InChI=1S/C12H18/c1-5-6-12(4)8-10(2)7-11(3)9-12/h5,7-8H,1,6,9H2,2-4H3. The summed E-state index contributed by atoms with van der Waals surface area (Å²) in [4.78, 5) is 0.